The first-order valence-electron chi connectivity index (χ1n) is 9.03. The van der Waals surface area contributed by atoms with E-state index in [1.54, 1.807) is 11.9 Å². The Kier molecular flexibility index (Phi) is 5.05. The molecular formula is C19H20ClF2N3O2S. The van der Waals surface area contributed by atoms with Gasteiger partial charge in [-0.1, -0.05) is 11.6 Å². The fraction of sp³-hybridized carbons (Fsp3) is 0.474. The molecule has 9 heteroatoms. The summed E-state index contributed by atoms with van der Waals surface area (Å²) in [6, 6.07) is 2.50. The lowest BCUT2D eigenvalue weighted by molar-refractivity contribution is -0.141. The van der Waals surface area contributed by atoms with Crippen molar-refractivity contribution in [1.29, 1.82) is 0 Å². The van der Waals surface area contributed by atoms with Crippen molar-refractivity contribution in [3.8, 4) is 0 Å². The van der Waals surface area contributed by atoms with E-state index in [-0.39, 0.29) is 29.0 Å². The number of rotatable bonds is 4. The van der Waals surface area contributed by atoms with Gasteiger partial charge in [0, 0.05) is 43.5 Å². The lowest BCUT2D eigenvalue weighted by Gasteiger charge is -2.34. The van der Waals surface area contributed by atoms with Gasteiger partial charge in [0.25, 0.3) is 0 Å². The first-order valence-corrected chi connectivity index (χ1v) is 9.82. The van der Waals surface area contributed by atoms with Crippen LogP contribution in [-0.2, 0) is 36.0 Å². The number of benzene rings is 1. The van der Waals surface area contributed by atoms with Crippen molar-refractivity contribution in [2.75, 3.05) is 20.3 Å². The molecule has 0 bridgehead atoms. The highest BCUT2D eigenvalue weighted by Crippen LogP contribution is 2.37. The smallest absolute Gasteiger partial charge is 0.228 e. The maximum absolute atomic E-state index is 14.5. The zero-order valence-electron chi connectivity index (χ0n) is 15.5. The minimum absolute atomic E-state index is 0.0192. The number of ether oxygens (including phenoxy) is 1. The second-order valence-electron chi connectivity index (χ2n) is 7.38. The molecule has 1 aromatic carbocycles. The summed E-state index contributed by atoms with van der Waals surface area (Å²) in [6.45, 7) is 1.45. The zero-order chi connectivity index (χ0) is 20.2. The van der Waals surface area contributed by atoms with Gasteiger partial charge < -0.3 is 18.8 Å². The summed E-state index contributed by atoms with van der Waals surface area (Å²) in [5.74, 6) is -1.79. The molecule has 0 saturated carbocycles. The third-order valence-corrected chi connectivity index (χ3v) is 6.58. The van der Waals surface area contributed by atoms with E-state index in [2.05, 4.69) is 0 Å². The van der Waals surface area contributed by atoms with Crippen molar-refractivity contribution < 1.29 is 18.3 Å². The number of hydrogen-bond acceptors (Lipinski definition) is 3. The maximum atomic E-state index is 14.5. The van der Waals surface area contributed by atoms with E-state index in [1.165, 1.54) is 12.1 Å². The Morgan fingerprint density at radius 2 is 2.11 bits per heavy atom. The van der Waals surface area contributed by atoms with Crippen LogP contribution in [0.15, 0.2) is 12.1 Å². The third kappa shape index (κ3) is 3.07. The Morgan fingerprint density at radius 1 is 1.39 bits per heavy atom. The minimum Gasteiger partial charge on any atom is -0.377 e. The normalized spacial score (nSPS) is 18.8. The molecule has 0 unspecified atom stereocenters. The van der Waals surface area contributed by atoms with Crippen LogP contribution in [0.4, 0.5) is 8.78 Å². The van der Waals surface area contributed by atoms with Crippen LogP contribution in [0.3, 0.4) is 0 Å². The van der Waals surface area contributed by atoms with Crippen molar-refractivity contribution >= 4 is 29.7 Å². The van der Waals surface area contributed by atoms with Crippen molar-refractivity contribution in [2.45, 2.75) is 31.3 Å². The topological polar surface area (TPSA) is 39.4 Å². The van der Waals surface area contributed by atoms with Crippen molar-refractivity contribution in [3.63, 3.8) is 0 Å². The molecule has 1 saturated heterocycles. The Hall–Kier alpha value is -1.77. The van der Waals surface area contributed by atoms with Gasteiger partial charge >= 0.3 is 0 Å². The summed E-state index contributed by atoms with van der Waals surface area (Å²) in [5, 5.41) is -0.100. The number of carbonyl (C=O) groups excluding carboxylic acids is 1. The molecule has 1 aromatic heterocycles. The number of nitrogens with zero attached hydrogens (tertiary/aromatic N) is 3. The zero-order valence-corrected chi connectivity index (χ0v) is 17.1. The average molecular weight is 428 g/mol. The number of amides is 1. The van der Waals surface area contributed by atoms with E-state index in [0.29, 0.717) is 31.0 Å². The van der Waals surface area contributed by atoms with Crippen LogP contribution in [0.2, 0.25) is 5.02 Å². The summed E-state index contributed by atoms with van der Waals surface area (Å²) in [5.41, 5.74) is 1.62. The quantitative estimate of drug-likeness (QED) is 0.555. The van der Waals surface area contributed by atoms with Crippen molar-refractivity contribution in [3.05, 3.63) is 50.5 Å². The molecule has 28 heavy (non-hydrogen) atoms. The summed E-state index contributed by atoms with van der Waals surface area (Å²) in [7, 11) is 3.58. The van der Waals surface area contributed by atoms with Gasteiger partial charge in [-0.2, -0.15) is 0 Å². The molecule has 1 fully saturated rings. The van der Waals surface area contributed by atoms with Crippen molar-refractivity contribution in [2.24, 2.45) is 7.05 Å². The highest BCUT2D eigenvalue weighted by Gasteiger charge is 2.34. The predicted molar refractivity (Wildman–Crippen MR) is 103 cm³/mol. The summed E-state index contributed by atoms with van der Waals surface area (Å²) in [4.78, 5) is 14.4. The summed E-state index contributed by atoms with van der Waals surface area (Å²) < 4.78 is 38.2. The third-order valence-electron chi connectivity index (χ3n) is 5.79. The first-order chi connectivity index (χ1) is 13.3. The number of fused-ring (bicyclic) bond motifs is 1. The number of halogens is 3. The Balaban J connectivity index is 1.63. The fourth-order valence-corrected chi connectivity index (χ4v) is 4.41. The highest BCUT2D eigenvalue weighted by atomic mass is 35.5. The van der Waals surface area contributed by atoms with E-state index < -0.39 is 17.6 Å². The number of likely N-dealkylation sites (N-methyl/N-ethyl adjacent to an activating group) is 1. The molecule has 2 aliphatic heterocycles. The SMILES string of the molecule is CN(C(=O)Cc1c2n(c(=S)n1C)C[C@H](c1c(F)ccc(Cl)c1F)C2)C1COC1. The Morgan fingerprint density at radius 3 is 2.75 bits per heavy atom. The van der Waals surface area contributed by atoms with Gasteiger partial charge in [-0.05, 0) is 30.8 Å². The van der Waals surface area contributed by atoms with Gasteiger partial charge in [0.15, 0.2) is 4.77 Å². The lowest BCUT2D eigenvalue weighted by Crippen LogP contribution is -2.50. The molecular weight excluding hydrogens is 408 g/mol. The molecule has 2 aromatic rings. The maximum Gasteiger partial charge on any atom is 0.228 e. The molecule has 2 aliphatic rings. The molecule has 0 radical (unpaired) electrons. The van der Waals surface area contributed by atoms with Crippen LogP contribution in [0, 0.1) is 16.4 Å². The van der Waals surface area contributed by atoms with Crippen LogP contribution in [0.25, 0.3) is 0 Å². The van der Waals surface area contributed by atoms with Crippen LogP contribution in [0.5, 0.6) is 0 Å². The molecule has 5 nitrogen and oxygen atoms in total. The predicted octanol–water partition coefficient (Wildman–Crippen LogP) is 3.23. The molecule has 1 atom stereocenters. The monoisotopic (exact) mass is 427 g/mol. The molecule has 0 N–H and O–H groups in total. The first kappa shape index (κ1) is 19.5. The van der Waals surface area contributed by atoms with Crippen LogP contribution in [-0.4, -0.2) is 46.2 Å². The number of hydrogen-bond donors (Lipinski definition) is 0. The number of aromatic nitrogens is 2. The Labute approximate surface area is 171 Å². The number of carbonyl (C=O) groups is 1. The van der Waals surface area contributed by atoms with Gasteiger partial charge in [-0.15, -0.1) is 0 Å². The second kappa shape index (κ2) is 7.24. The van der Waals surface area contributed by atoms with Crippen LogP contribution >= 0.6 is 23.8 Å². The van der Waals surface area contributed by atoms with Crippen LogP contribution < -0.4 is 0 Å². The van der Waals surface area contributed by atoms with Gasteiger partial charge in [0.2, 0.25) is 5.91 Å². The van der Waals surface area contributed by atoms with Crippen molar-refractivity contribution in [1.82, 2.24) is 14.0 Å². The summed E-state index contributed by atoms with van der Waals surface area (Å²) in [6.07, 6.45) is 0.584. The molecule has 0 spiro atoms. The fourth-order valence-electron chi connectivity index (χ4n) is 3.95. The van der Waals surface area contributed by atoms with E-state index in [9.17, 15) is 13.6 Å². The lowest BCUT2D eigenvalue weighted by atomic mass is 9.95. The average Bonchev–Trinajstić information content (AvgIpc) is 3.12. The molecule has 150 valence electrons. The molecule has 0 aliphatic carbocycles. The Bertz CT molecular complexity index is 1020. The minimum atomic E-state index is -0.727. The largest absolute Gasteiger partial charge is 0.377 e. The molecule has 4 rings (SSSR count). The van der Waals surface area contributed by atoms with E-state index >= 15 is 0 Å². The molecule has 3 heterocycles. The van der Waals surface area contributed by atoms with Gasteiger partial charge in [-0.25, -0.2) is 8.78 Å². The van der Waals surface area contributed by atoms with E-state index in [0.717, 1.165) is 11.4 Å². The highest BCUT2D eigenvalue weighted by molar-refractivity contribution is 7.71. The standard InChI is InChI=1S/C19H20ClF2N3O2S/c1-23(11-8-27-9-11)16(26)6-14-15-5-10(7-25(15)19(28)24(14)2)17-13(21)4-3-12(20)18(17)22/h3-4,10-11H,5-9H2,1-2H3/t10-/m1/s1. The van der Waals surface area contributed by atoms with E-state index in [1.807, 2.05) is 16.2 Å². The number of imidazole rings is 1. The van der Waals surface area contributed by atoms with Crippen LogP contribution in [0.1, 0.15) is 22.9 Å². The van der Waals surface area contributed by atoms with Gasteiger partial charge in [0.05, 0.1) is 30.7 Å². The summed E-state index contributed by atoms with van der Waals surface area (Å²) >= 11 is 11.4. The van der Waals surface area contributed by atoms with E-state index in [4.69, 9.17) is 28.6 Å². The van der Waals surface area contributed by atoms with Gasteiger partial charge in [-0.3, -0.25) is 4.79 Å². The second-order valence-corrected chi connectivity index (χ2v) is 8.15. The van der Waals surface area contributed by atoms with Gasteiger partial charge in [0.1, 0.15) is 11.6 Å². The molecule has 1 amide bonds.